The van der Waals surface area contributed by atoms with Crippen LogP contribution in [0.1, 0.15) is 30.3 Å². The Morgan fingerprint density at radius 2 is 2.00 bits per heavy atom. The van der Waals surface area contributed by atoms with Gasteiger partial charge in [-0.1, -0.05) is 0 Å². The first-order valence-electron chi connectivity index (χ1n) is 6.79. The van der Waals surface area contributed by atoms with Crippen molar-refractivity contribution in [2.75, 3.05) is 18.0 Å². The molecule has 100 valence electrons. The number of hydrogen-bond donors (Lipinski definition) is 0. The van der Waals surface area contributed by atoms with Gasteiger partial charge >= 0.3 is 0 Å². The number of hydrogen-bond acceptors (Lipinski definition) is 4. The summed E-state index contributed by atoms with van der Waals surface area (Å²) in [7, 11) is 0. The number of nitrogens with zero attached hydrogens (tertiary/aromatic N) is 5. The van der Waals surface area contributed by atoms with E-state index in [1.807, 2.05) is 38.4 Å². The Labute approximate surface area is 113 Å². The largest absolute Gasteiger partial charge is 0.339 e. The summed E-state index contributed by atoms with van der Waals surface area (Å²) in [5, 5.41) is 4.35. The summed E-state index contributed by atoms with van der Waals surface area (Å²) in [6.45, 7) is 6.01. The lowest BCUT2D eigenvalue weighted by Gasteiger charge is -2.33. The van der Waals surface area contributed by atoms with Crippen LogP contribution in [0.5, 0.6) is 0 Å². The Bertz CT molecular complexity index is 529. The lowest BCUT2D eigenvalue weighted by atomic mass is 10.1. The lowest BCUT2D eigenvalue weighted by Crippen LogP contribution is -2.38. The number of piperidine rings is 1. The molecule has 0 bridgehead atoms. The zero-order valence-electron chi connectivity index (χ0n) is 11.5. The Kier molecular flexibility index (Phi) is 3.19. The first kappa shape index (κ1) is 12.1. The molecule has 1 fully saturated rings. The summed E-state index contributed by atoms with van der Waals surface area (Å²) < 4.78 is 2.05. The van der Waals surface area contributed by atoms with Gasteiger partial charge in [0.05, 0.1) is 6.04 Å². The lowest BCUT2D eigenvalue weighted by molar-refractivity contribution is 0.373. The summed E-state index contributed by atoms with van der Waals surface area (Å²) in [6.07, 6.45) is 6.20. The molecular weight excluding hydrogens is 238 g/mol. The van der Waals surface area contributed by atoms with Crippen molar-refractivity contribution in [2.24, 2.45) is 0 Å². The Morgan fingerprint density at radius 3 is 2.68 bits per heavy atom. The van der Waals surface area contributed by atoms with Crippen LogP contribution in [0.15, 0.2) is 24.5 Å². The van der Waals surface area contributed by atoms with Crippen molar-refractivity contribution < 1.29 is 0 Å². The highest BCUT2D eigenvalue weighted by atomic mass is 15.3. The standard InChI is InChI=1S/C14H19N5/c1-11-9-12(2)17-14(16-11)18-7-3-5-13(10-18)19-8-4-6-15-19/h4,6,8-9,13H,3,5,7,10H2,1-2H3. The van der Waals surface area contributed by atoms with E-state index in [-0.39, 0.29) is 0 Å². The van der Waals surface area contributed by atoms with Crippen molar-refractivity contribution in [3.8, 4) is 0 Å². The third kappa shape index (κ3) is 2.59. The van der Waals surface area contributed by atoms with Gasteiger partial charge in [0.25, 0.3) is 0 Å². The molecule has 2 aromatic rings. The van der Waals surface area contributed by atoms with Gasteiger partial charge in [0.1, 0.15) is 0 Å². The highest BCUT2D eigenvalue weighted by molar-refractivity contribution is 5.33. The van der Waals surface area contributed by atoms with E-state index in [9.17, 15) is 0 Å². The highest BCUT2D eigenvalue weighted by Crippen LogP contribution is 2.23. The van der Waals surface area contributed by atoms with Crippen LogP contribution in [-0.4, -0.2) is 32.8 Å². The van der Waals surface area contributed by atoms with E-state index in [4.69, 9.17) is 0 Å². The van der Waals surface area contributed by atoms with Crippen molar-refractivity contribution in [1.29, 1.82) is 0 Å². The molecule has 0 aromatic carbocycles. The fourth-order valence-electron chi connectivity index (χ4n) is 2.70. The summed E-state index contributed by atoms with van der Waals surface area (Å²) in [5.74, 6) is 0.856. The topological polar surface area (TPSA) is 46.8 Å². The van der Waals surface area contributed by atoms with Gasteiger partial charge < -0.3 is 4.90 Å². The molecule has 0 amide bonds. The molecule has 19 heavy (non-hydrogen) atoms. The normalized spacial score (nSPS) is 19.7. The monoisotopic (exact) mass is 257 g/mol. The van der Waals surface area contributed by atoms with Crippen LogP contribution >= 0.6 is 0 Å². The molecule has 3 heterocycles. The molecular formula is C14H19N5. The summed E-state index contributed by atoms with van der Waals surface area (Å²) in [5.41, 5.74) is 2.06. The minimum atomic E-state index is 0.424. The van der Waals surface area contributed by atoms with E-state index in [0.29, 0.717) is 6.04 Å². The maximum atomic E-state index is 4.56. The van der Waals surface area contributed by atoms with Crippen molar-refractivity contribution >= 4 is 5.95 Å². The molecule has 0 radical (unpaired) electrons. The molecule has 0 aliphatic carbocycles. The smallest absolute Gasteiger partial charge is 0.225 e. The molecule has 3 rings (SSSR count). The van der Waals surface area contributed by atoms with Crippen LogP contribution in [0.4, 0.5) is 5.95 Å². The average Bonchev–Trinajstić information content (AvgIpc) is 2.92. The van der Waals surface area contributed by atoms with Gasteiger partial charge in [-0.25, -0.2) is 9.97 Å². The number of anilines is 1. The fourth-order valence-corrected chi connectivity index (χ4v) is 2.70. The minimum Gasteiger partial charge on any atom is -0.339 e. The van der Waals surface area contributed by atoms with Gasteiger partial charge in [-0.3, -0.25) is 4.68 Å². The first-order valence-corrected chi connectivity index (χ1v) is 6.79. The molecule has 0 spiro atoms. The van der Waals surface area contributed by atoms with Crippen molar-refractivity contribution in [3.63, 3.8) is 0 Å². The third-order valence-corrected chi connectivity index (χ3v) is 3.55. The van der Waals surface area contributed by atoms with Crippen LogP contribution in [0.25, 0.3) is 0 Å². The van der Waals surface area contributed by atoms with Crippen molar-refractivity contribution in [3.05, 3.63) is 35.9 Å². The van der Waals surface area contributed by atoms with Gasteiger partial charge in [0.15, 0.2) is 0 Å². The molecule has 0 N–H and O–H groups in total. The molecule has 1 aliphatic heterocycles. The van der Waals surface area contributed by atoms with Gasteiger partial charge in [0.2, 0.25) is 5.95 Å². The maximum Gasteiger partial charge on any atom is 0.225 e. The quantitative estimate of drug-likeness (QED) is 0.827. The summed E-state index contributed by atoms with van der Waals surface area (Å²) in [4.78, 5) is 11.4. The summed E-state index contributed by atoms with van der Waals surface area (Å²) >= 11 is 0. The highest BCUT2D eigenvalue weighted by Gasteiger charge is 2.23. The van der Waals surface area contributed by atoms with Crippen LogP contribution in [-0.2, 0) is 0 Å². The minimum absolute atomic E-state index is 0.424. The fraction of sp³-hybridized carbons (Fsp3) is 0.500. The first-order chi connectivity index (χ1) is 9.22. The molecule has 5 heteroatoms. The van der Waals surface area contributed by atoms with Gasteiger partial charge in [0, 0.05) is 36.9 Å². The third-order valence-electron chi connectivity index (χ3n) is 3.55. The van der Waals surface area contributed by atoms with Gasteiger partial charge in [-0.15, -0.1) is 0 Å². The van der Waals surface area contributed by atoms with E-state index >= 15 is 0 Å². The Balaban J connectivity index is 1.81. The van der Waals surface area contributed by atoms with E-state index < -0.39 is 0 Å². The van der Waals surface area contributed by atoms with E-state index in [2.05, 4.69) is 24.6 Å². The Hall–Kier alpha value is -1.91. The van der Waals surface area contributed by atoms with Crippen LogP contribution in [0.3, 0.4) is 0 Å². The average molecular weight is 257 g/mol. The SMILES string of the molecule is Cc1cc(C)nc(N2CCCC(n3cccn3)C2)n1. The predicted molar refractivity (Wildman–Crippen MR) is 74.2 cm³/mol. The molecule has 1 saturated heterocycles. The second-order valence-electron chi connectivity index (χ2n) is 5.18. The second-order valence-corrected chi connectivity index (χ2v) is 5.18. The molecule has 1 aliphatic rings. The predicted octanol–water partition coefficient (Wildman–Crippen LogP) is 2.13. The second kappa shape index (κ2) is 4.99. The number of aryl methyl sites for hydroxylation is 2. The van der Waals surface area contributed by atoms with Crippen molar-refractivity contribution in [2.45, 2.75) is 32.7 Å². The van der Waals surface area contributed by atoms with E-state index in [1.54, 1.807) is 0 Å². The maximum absolute atomic E-state index is 4.56. The molecule has 0 saturated carbocycles. The zero-order chi connectivity index (χ0) is 13.2. The molecule has 1 atom stereocenters. The van der Waals surface area contributed by atoms with Crippen molar-refractivity contribution in [1.82, 2.24) is 19.7 Å². The van der Waals surface area contributed by atoms with Gasteiger partial charge in [-0.05, 0) is 38.8 Å². The number of rotatable bonds is 2. The zero-order valence-corrected chi connectivity index (χ0v) is 11.5. The van der Waals surface area contributed by atoms with Gasteiger partial charge in [-0.2, -0.15) is 5.10 Å². The van der Waals surface area contributed by atoms with E-state index in [0.717, 1.165) is 36.8 Å². The molecule has 5 nitrogen and oxygen atoms in total. The Morgan fingerprint density at radius 1 is 1.21 bits per heavy atom. The molecule has 1 unspecified atom stereocenters. The van der Waals surface area contributed by atoms with E-state index in [1.165, 1.54) is 6.42 Å². The molecule has 2 aromatic heterocycles. The van der Waals surface area contributed by atoms with Crippen LogP contribution < -0.4 is 4.90 Å². The summed E-state index contributed by atoms with van der Waals surface area (Å²) in [6, 6.07) is 4.41. The number of aromatic nitrogens is 4. The van der Waals surface area contributed by atoms with Crippen LogP contribution in [0.2, 0.25) is 0 Å². The van der Waals surface area contributed by atoms with Crippen LogP contribution in [0, 0.1) is 13.8 Å².